The molecule has 5 heteroatoms. The molecule has 5 nitrogen and oxygen atoms in total. The molecule has 4 heterocycles. The second kappa shape index (κ2) is 21.4. The molecule has 4 aromatic heterocycles. The monoisotopic (exact) mass is 1300 g/mol. The highest BCUT2D eigenvalue weighted by Gasteiger charge is 2.50. The first kappa shape index (κ1) is 56.8. The molecule has 0 spiro atoms. The molecular formula is C97H61N5. The topological polar surface area (TPSA) is 40.6 Å². The maximum atomic E-state index is 6.15. The van der Waals surface area contributed by atoms with Gasteiger partial charge in [0.15, 0.2) is 0 Å². The van der Waals surface area contributed by atoms with Crippen LogP contribution in [-0.4, -0.2) is 23.7 Å². The van der Waals surface area contributed by atoms with Crippen LogP contribution in [0, 0.1) is 0 Å². The number of nitrogens with zero attached hydrogens (tertiary/aromatic N) is 5. The molecule has 3 aliphatic rings. The van der Waals surface area contributed by atoms with Gasteiger partial charge in [-0.15, -0.1) is 0 Å². The molecule has 474 valence electrons. The summed E-state index contributed by atoms with van der Waals surface area (Å²) in [5.41, 5.74) is 26.4. The van der Waals surface area contributed by atoms with Gasteiger partial charge in [-0.1, -0.05) is 309 Å². The van der Waals surface area contributed by atoms with E-state index in [4.69, 9.17) is 9.97 Å². The predicted molar refractivity (Wildman–Crippen MR) is 417 cm³/mol. The summed E-state index contributed by atoms with van der Waals surface area (Å²) >= 11 is 0. The van der Waals surface area contributed by atoms with E-state index >= 15 is 0 Å². The van der Waals surface area contributed by atoms with E-state index in [-0.39, 0.29) is 0 Å². The maximum absolute atomic E-state index is 6.15. The lowest BCUT2D eigenvalue weighted by atomic mass is 9.67. The van der Waals surface area contributed by atoms with Gasteiger partial charge in [0, 0.05) is 38.4 Å². The Morgan fingerprint density at radius 1 is 0.176 bits per heavy atom. The lowest BCUT2D eigenvalue weighted by Crippen LogP contribution is -2.28. The predicted octanol–water partition coefficient (Wildman–Crippen LogP) is 22.9. The molecule has 19 aromatic rings. The van der Waals surface area contributed by atoms with Crippen LogP contribution in [-0.2, 0) is 16.2 Å². The molecule has 0 unspecified atom stereocenters. The summed E-state index contributed by atoms with van der Waals surface area (Å²) in [5.74, 6) is 2.04. The molecule has 0 fully saturated rings. The number of rotatable bonds is 9. The quantitative estimate of drug-likeness (QED) is 0.144. The number of hydrogen-bond acceptors (Lipinski definition) is 2. The van der Waals surface area contributed by atoms with Crippen molar-refractivity contribution in [2.75, 3.05) is 0 Å². The molecule has 0 saturated carbocycles. The molecule has 0 aliphatic heterocycles. The van der Waals surface area contributed by atoms with Gasteiger partial charge in [-0.2, -0.15) is 9.97 Å². The smallest absolute Gasteiger partial charge is 0.238 e. The third-order valence-corrected chi connectivity index (χ3v) is 23.1. The van der Waals surface area contributed by atoms with Gasteiger partial charge in [-0.3, -0.25) is 13.7 Å². The van der Waals surface area contributed by atoms with E-state index in [1.54, 1.807) is 0 Å². The maximum Gasteiger partial charge on any atom is 0.238 e. The fraction of sp³-hybridized carbons (Fsp3) is 0.0309. The summed E-state index contributed by atoms with van der Waals surface area (Å²) in [6.45, 7) is 0. The van der Waals surface area contributed by atoms with Gasteiger partial charge in [-0.05, 0) is 155 Å². The van der Waals surface area contributed by atoms with E-state index in [0.717, 1.165) is 77.1 Å². The van der Waals surface area contributed by atoms with Gasteiger partial charge in [0.2, 0.25) is 5.95 Å². The minimum atomic E-state index is -0.660. The summed E-state index contributed by atoms with van der Waals surface area (Å²) in [5, 5.41) is 6.82. The highest BCUT2D eigenvalue weighted by molar-refractivity contribution is 6.15. The molecular weight excluding hydrogens is 1240 g/mol. The lowest BCUT2D eigenvalue weighted by molar-refractivity contribution is 0.768. The summed E-state index contributed by atoms with van der Waals surface area (Å²) in [6.07, 6.45) is 0. The van der Waals surface area contributed by atoms with Crippen molar-refractivity contribution in [3.05, 3.63) is 437 Å². The van der Waals surface area contributed by atoms with Crippen LogP contribution in [0.5, 0.6) is 0 Å². The molecule has 0 atom stereocenters. The second-order valence-corrected chi connectivity index (χ2v) is 27.8. The SMILES string of the molecule is c1ccc(C2(c3ccccc3)c3ccccc3-c3cc4c5ccccc5n(-c5cc(-n6c7ccccc7c7cc8c(cc76)C(c6ccccc6)(c6ccccc6)c6ccccc6-8)nc(-n6c7ccccc7c7cc8c(cc76)C(c6ccccc6)(c6ccccc6)c6ccccc6-8)n5)c4cc32)cc1. The Balaban J connectivity index is 0.887. The van der Waals surface area contributed by atoms with Gasteiger partial charge in [0.1, 0.15) is 11.6 Å². The summed E-state index contributed by atoms with van der Waals surface area (Å²) in [4.78, 5) is 12.3. The Hall–Kier alpha value is -13.2. The van der Waals surface area contributed by atoms with Crippen LogP contribution in [0.15, 0.2) is 370 Å². The van der Waals surface area contributed by atoms with Crippen LogP contribution in [0.2, 0.25) is 0 Å². The first-order valence-corrected chi connectivity index (χ1v) is 35.4. The first-order valence-electron chi connectivity index (χ1n) is 35.4. The molecule has 0 bridgehead atoms. The van der Waals surface area contributed by atoms with Crippen molar-refractivity contribution in [2.24, 2.45) is 0 Å². The molecule has 15 aromatic carbocycles. The molecule has 22 rings (SSSR count). The van der Waals surface area contributed by atoms with Crippen LogP contribution < -0.4 is 0 Å². The molecule has 0 amide bonds. The summed E-state index contributed by atoms with van der Waals surface area (Å²) in [6, 6.07) is 138. The minimum absolute atomic E-state index is 0.555. The van der Waals surface area contributed by atoms with Crippen molar-refractivity contribution in [3.8, 4) is 51.0 Å². The standard InChI is InChI=1S/C97H61N5/c1-7-31-62(32-8-1)95(63-33-9-2-10-34-63)80-49-25-19-43-68(80)74-55-77-71-46-22-28-52-86(71)100(89(77)58-83(74)95)92-61-93(101-87-53-29-23-47-72(87)78-56-75-69-44-20-26-50-81(69)96(84(75)59-90(78)101,64-35-11-3-12-36-64)65-37-13-4-14-38-65)99-94(98-92)102-88-54-30-24-48-73(88)79-57-76-70-45-21-27-51-82(70)97(85(76)60-91(79)102,66-39-15-5-16-40-66)67-41-17-6-18-42-67/h1-61H. The van der Waals surface area contributed by atoms with Gasteiger partial charge < -0.3 is 0 Å². The number of fused-ring (bicyclic) bond motifs is 18. The van der Waals surface area contributed by atoms with Crippen molar-refractivity contribution in [1.29, 1.82) is 0 Å². The zero-order valence-electron chi connectivity index (χ0n) is 55.5. The highest BCUT2D eigenvalue weighted by atomic mass is 15.2. The van der Waals surface area contributed by atoms with Crippen molar-refractivity contribution in [3.63, 3.8) is 0 Å². The number of para-hydroxylation sites is 3. The van der Waals surface area contributed by atoms with Gasteiger partial charge in [-0.25, -0.2) is 0 Å². The van der Waals surface area contributed by atoms with Gasteiger partial charge >= 0.3 is 0 Å². The number of benzene rings is 15. The van der Waals surface area contributed by atoms with Crippen LogP contribution in [0.1, 0.15) is 66.8 Å². The van der Waals surface area contributed by atoms with Gasteiger partial charge in [0.25, 0.3) is 0 Å². The van der Waals surface area contributed by atoms with Crippen LogP contribution in [0.3, 0.4) is 0 Å². The van der Waals surface area contributed by atoms with Crippen LogP contribution in [0.4, 0.5) is 0 Å². The minimum Gasteiger partial charge on any atom is -0.294 e. The van der Waals surface area contributed by atoms with E-state index in [0.29, 0.717) is 5.95 Å². The zero-order valence-corrected chi connectivity index (χ0v) is 55.5. The van der Waals surface area contributed by atoms with E-state index in [9.17, 15) is 0 Å². The fourth-order valence-electron chi connectivity index (χ4n) is 19.2. The average Bonchev–Trinajstić information content (AvgIpc) is 1.53. The average molecular weight is 1300 g/mol. The normalized spacial score (nSPS) is 14.1. The number of hydrogen-bond donors (Lipinski definition) is 0. The second-order valence-electron chi connectivity index (χ2n) is 27.8. The molecule has 0 saturated heterocycles. The Kier molecular flexibility index (Phi) is 11.9. The third kappa shape index (κ3) is 7.45. The zero-order chi connectivity index (χ0) is 66.8. The lowest BCUT2D eigenvalue weighted by Gasteiger charge is -2.34. The van der Waals surface area contributed by atoms with Crippen LogP contribution >= 0.6 is 0 Å². The van der Waals surface area contributed by atoms with Gasteiger partial charge in [0.05, 0.1) is 49.3 Å². The molecule has 0 N–H and O–H groups in total. The Labute approximate surface area is 589 Å². The number of aromatic nitrogens is 5. The molecule has 0 radical (unpaired) electrons. The van der Waals surface area contributed by atoms with E-state index in [1.807, 2.05) is 0 Å². The Morgan fingerprint density at radius 2 is 0.422 bits per heavy atom. The van der Waals surface area contributed by atoms with E-state index < -0.39 is 16.2 Å². The van der Waals surface area contributed by atoms with E-state index in [1.165, 1.54) is 100 Å². The Morgan fingerprint density at radius 3 is 0.725 bits per heavy atom. The Bertz CT molecular complexity index is 5890. The first-order chi connectivity index (χ1) is 50.6. The molecule has 102 heavy (non-hydrogen) atoms. The van der Waals surface area contributed by atoms with Crippen LogP contribution in [0.25, 0.3) is 116 Å². The third-order valence-electron chi connectivity index (χ3n) is 23.1. The van der Waals surface area contributed by atoms with Crippen molar-refractivity contribution >= 4 is 65.4 Å². The summed E-state index contributed by atoms with van der Waals surface area (Å²) < 4.78 is 7.26. The van der Waals surface area contributed by atoms with E-state index in [2.05, 4.69) is 384 Å². The largest absolute Gasteiger partial charge is 0.294 e. The summed E-state index contributed by atoms with van der Waals surface area (Å²) in [7, 11) is 0. The van der Waals surface area contributed by atoms with Crippen molar-refractivity contribution < 1.29 is 0 Å². The molecule has 3 aliphatic carbocycles. The van der Waals surface area contributed by atoms with Crippen molar-refractivity contribution in [1.82, 2.24) is 23.7 Å². The fourth-order valence-corrected chi connectivity index (χ4v) is 19.2. The van der Waals surface area contributed by atoms with Crippen molar-refractivity contribution in [2.45, 2.75) is 16.2 Å². The highest BCUT2D eigenvalue weighted by Crippen LogP contribution is 2.61.